The maximum atomic E-state index is 12.4. The average Bonchev–Trinajstić information content (AvgIpc) is 2.61. The van der Waals surface area contributed by atoms with Crippen molar-refractivity contribution in [2.24, 2.45) is 5.92 Å². The Kier molecular flexibility index (Phi) is 5.06. The second-order valence-electron chi connectivity index (χ2n) is 6.45. The molecule has 1 aliphatic carbocycles. The number of hydrogen-bond donors (Lipinski definition) is 1. The van der Waals surface area contributed by atoms with E-state index in [1.165, 1.54) is 19.3 Å². The van der Waals surface area contributed by atoms with Crippen LogP contribution >= 0.6 is 0 Å². The number of carbonyl (C=O) groups is 1. The molecule has 1 atom stereocenters. The van der Waals surface area contributed by atoms with Crippen molar-refractivity contribution in [3.05, 3.63) is 48.0 Å². The highest BCUT2D eigenvalue weighted by molar-refractivity contribution is 5.99. The lowest BCUT2D eigenvalue weighted by Gasteiger charge is -2.24. The zero-order valence-corrected chi connectivity index (χ0v) is 13.3. The molecule has 119 valence electrons. The molecule has 0 aliphatic heterocycles. The first-order valence-corrected chi connectivity index (χ1v) is 8.43. The molecular weight excluding hydrogens is 286 g/mol. The Morgan fingerprint density at radius 1 is 1.09 bits per heavy atom. The maximum Gasteiger partial charge on any atom is 0.251 e. The predicted molar refractivity (Wildman–Crippen MR) is 92.1 cm³/mol. The summed E-state index contributed by atoms with van der Waals surface area (Å²) in [7, 11) is 0. The molecule has 1 N–H and O–H groups in total. The van der Waals surface area contributed by atoms with Gasteiger partial charge in [0.15, 0.2) is 0 Å². The number of rotatable bonds is 5. The van der Waals surface area contributed by atoms with Gasteiger partial charge in [0.1, 0.15) is 0 Å². The highest BCUT2D eigenvalue weighted by atomic mass is 16.2. The van der Waals surface area contributed by atoms with Crippen LogP contribution in [0.5, 0.6) is 0 Å². The van der Waals surface area contributed by atoms with Crippen LogP contribution in [-0.4, -0.2) is 18.2 Å². The minimum atomic E-state index is -0.503. The molecule has 3 rings (SSSR count). The molecule has 2 aromatic rings. The minimum absolute atomic E-state index is 0.195. The lowest BCUT2D eigenvalue weighted by Crippen LogP contribution is -2.37. The molecule has 0 saturated heterocycles. The lowest BCUT2D eigenvalue weighted by molar-refractivity contribution is 0.0941. The fraction of sp³-hybridized carbons (Fsp3) is 0.400. The molecule has 1 radical (unpaired) electrons. The van der Waals surface area contributed by atoms with Crippen molar-refractivity contribution in [3.8, 4) is 0 Å². The van der Waals surface area contributed by atoms with Gasteiger partial charge >= 0.3 is 0 Å². The van der Waals surface area contributed by atoms with Gasteiger partial charge in [-0.2, -0.15) is 0 Å². The number of amides is 1. The second kappa shape index (κ2) is 7.40. The van der Waals surface area contributed by atoms with Crippen LogP contribution in [0.25, 0.3) is 10.8 Å². The van der Waals surface area contributed by atoms with Crippen LogP contribution in [0.2, 0.25) is 0 Å². The monoisotopic (exact) mass is 308 g/mol. The highest BCUT2D eigenvalue weighted by Crippen LogP contribution is 2.27. The Bertz CT molecular complexity index is 689. The molecule has 1 fully saturated rings. The van der Waals surface area contributed by atoms with Crippen LogP contribution < -0.4 is 5.32 Å². The molecule has 0 unspecified atom stereocenters. The smallest absolute Gasteiger partial charge is 0.251 e. The van der Waals surface area contributed by atoms with Crippen molar-refractivity contribution in [3.63, 3.8) is 0 Å². The van der Waals surface area contributed by atoms with Gasteiger partial charge in [0.2, 0.25) is 6.29 Å². The topological polar surface area (TPSA) is 46.2 Å². The SMILES string of the molecule is O=[C][C@@H](CC1CCCCC1)NC(=O)c1ccc2ccccc2c1. The van der Waals surface area contributed by atoms with Crippen molar-refractivity contribution in [1.29, 1.82) is 0 Å². The molecule has 3 nitrogen and oxygen atoms in total. The Hall–Kier alpha value is -2.16. The maximum absolute atomic E-state index is 12.4. The van der Waals surface area contributed by atoms with Crippen LogP contribution in [0.4, 0.5) is 0 Å². The van der Waals surface area contributed by atoms with Gasteiger partial charge in [-0.3, -0.25) is 9.59 Å². The van der Waals surface area contributed by atoms with Crippen molar-refractivity contribution < 1.29 is 9.59 Å². The summed E-state index contributed by atoms with van der Waals surface area (Å²) >= 11 is 0. The van der Waals surface area contributed by atoms with Crippen LogP contribution in [0.3, 0.4) is 0 Å². The van der Waals surface area contributed by atoms with Crippen LogP contribution in [-0.2, 0) is 4.79 Å². The fourth-order valence-corrected chi connectivity index (χ4v) is 3.46. The number of nitrogens with one attached hydrogen (secondary N) is 1. The van der Waals surface area contributed by atoms with Crippen LogP contribution in [0.1, 0.15) is 48.9 Å². The molecule has 0 bridgehead atoms. The van der Waals surface area contributed by atoms with Gasteiger partial charge in [-0.25, -0.2) is 0 Å². The van der Waals surface area contributed by atoms with Crippen molar-refractivity contribution in [1.82, 2.24) is 5.32 Å². The predicted octanol–water partition coefficient (Wildman–Crippen LogP) is 4.02. The van der Waals surface area contributed by atoms with Gasteiger partial charge in [0.25, 0.3) is 5.91 Å². The minimum Gasteiger partial charge on any atom is -0.342 e. The third-order valence-corrected chi connectivity index (χ3v) is 4.75. The van der Waals surface area contributed by atoms with E-state index in [4.69, 9.17) is 0 Å². The fourth-order valence-electron chi connectivity index (χ4n) is 3.46. The van der Waals surface area contributed by atoms with Crippen LogP contribution in [0.15, 0.2) is 42.5 Å². The highest BCUT2D eigenvalue weighted by Gasteiger charge is 2.21. The quantitative estimate of drug-likeness (QED) is 0.907. The van der Waals surface area contributed by atoms with Crippen molar-refractivity contribution >= 4 is 23.0 Å². The van der Waals surface area contributed by atoms with Crippen molar-refractivity contribution in [2.75, 3.05) is 0 Å². The first-order chi connectivity index (χ1) is 11.3. The Morgan fingerprint density at radius 2 is 1.83 bits per heavy atom. The van der Waals surface area contributed by atoms with Gasteiger partial charge < -0.3 is 5.32 Å². The number of hydrogen-bond acceptors (Lipinski definition) is 2. The number of carbonyl (C=O) groups excluding carboxylic acids is 2. The molecule has 0 spiro atoms. The average molecular weight is 308 g/mol. The Labute approximate surface area is 137 Å². The Morgan fingerprint density at radius 3 is 2.57 bits per heavy atom. The van der Waals surface area contributed by atoms with Gasteiger partial charge in [-0.15, -0.1) is 0 Å². The molecule has 3 heteroatoms. The third kappa shape index (κ3) is 3.98. The summed E-state index contributed by atoms with van der Waals surface area (Å²) in [5.41, 5.74) is 0.590. The molecular formula is C20H22NO2. The number of fused-ring (bicyclic) bond motifs is 1. The first kappa shape index (κ1) is 15.7. The molecule has 1 amide bonds. The summed E-state index contributed by atoms with van der Waals surface area (Å²) in [6.45, 7) is 0. The zero-order valence-electron chi connectivity index (χ0n) is 13.3. The third-order valence-electron chi connectivity index (χ3n) is 4.75. The van der Waals surface area contributed by atoms with E-state index >= 15 is 0 Å². The second-order valence-corrected chi connectivity index (χ2v) is 6.45. The molecule has 1 saturated carbocycles. The molecule has 0 heterocycles. The summed E-state index contributed by atoms with van der Waals surface area (Å²) in [4.78, 5) is 23.6. The van der Waals surface area contributed by atoms with E-state index in [0.29, 0.717) is 17.9 Å². The van der Waals surface area contributed by atoms with E-state index in [2.05, 4.69) is 5.32 Å². The largest absolute Gasteiger partial charge is 0.342 e. The summed E-state index contributed by atoms with van der Waals surface area (Å²) in [5.74, 6) is 0.340. The summed E-state index contributed by atoms with van der Waals surface area (Å²) in [5, 5.41) is 4.96. The van der Waals surface area contributed by atoms with E-state index in [1.807, 2.05) is 42.7 Å². The normalized spacial score (nSPS) is 16.9. The van der Waals surface area contributed by atoms with Gasteiger partial charge in [-0.05, 0) is 35.2 Å². The van der Waals surface area contributed by atoms with E-state index in [1.54, 1.807) is 6.07 Å². The summed E-state index contributed by atoms with van der Waals surface area (Å²) in [6, 6.07) is 13.0. The van der Waals surface area contributed by atoms with E-state index in [-0.39, 0.29) is 5.91 Å². The zero-order chi connectivity index (χ0) is 16.1. The summed E-state index contributed by atoms with van der Waals surface area (Å²) < 4.78 is 0. The Balaban J connectivity index is 1.66. The standard InChI is InChI=1S/C20H22NO2/c22-14-19(12-15-6-2-1-3-7-15)21-20(23)18-11-10-16-8-4-5-9-17(16)13-18/h4-5,8-11,13,15,19H,1-3,6-7,12H2,(H,21,23)/t19-/m1/s1. The molecule has 0 aromatic heterocycles. The van der Waals surface area contributed by atoms with Gasteiger partial charge in [-0.1, -0.05) is 62.4 Å². The first-order valence-electron chi connectivity index (χ1n) is 8.43. The lowest BCUT2D eigenvalue weighted by atomic mass is 9.85. The van der Waals surface area contributed by atoms with Gasteiger partial charge in [0.05, 0.1) is 6.04 Å². The van der Waals surface area contributed by atoms with E-state index in [0.717, 1.165) is 23.6 Å². The number of benzene rings is 2. The molecule has 23 heavy (non-hydrogen) atoms. The van der Waals surface area contributed by atoms with Gasteiger partial charge in [0, 0.05) is 5.56 Å². The van der Waals surface area contributed by atoms with Crippen LogP contribution in [0, 0.1) is 5.92 Å². The molecule has 1 aliphatic rings. The molecule has 2 aromatic carbocycles. The van der Waals surface area contributed by atoms with Crippen molar-refractivity contribution in [2.45, 2.75) is 44.6 Å². The summed E-state index contributed by atoms with van der Waals surface area (Å²) in [6.07, 6.45) is 8.78. The van der Waals surface area contributed by atoms with E-state index < -0.39 is 6.04 Å². The van der Waals surface area contributed by atoms with E-state index in [9.17, 15) is 9.59 Å².